The number of anilines is 1. The van der Waals surface area contributed by atoms with E-state index in [2.05, 4.69) is 5.32 Å². The fraction of sp³-hybridized carbons (Fsp3) is 0.0500. The summed E-state index contributed by atoms with van der Waals surface area (Å²) in [6.45, 7) is 0. The molecule has 0 fully saturated rings. The normalized spacial score (nSPS) is 11.1. The summed E-state index contributed by atoms with van der Waals surface area (Å²) in [5.41, 5.74) is 0.976. The van der Waals surface area contributed by atoms with Crippen molar-refractivity contribution in [2.75, 3.05) is 11.6 Å². The number of para-hydroxylation sites is 1. The molecule has 1 N–H and O–H groups in total. The Balaban J connectivity index is 1.84. The molecular weight excluding hydrogens is 366 g/mol. The van der Waals surface area contributed by atoms with Gasteiger partial charge in [-0.2, -0.15) is 0 Å². The topological polar surface area (TPSA) is 63.2 Å². The van der Waals surface area contributed by atoms with Crippen molar-refractivity contribution in [3.8, 4) is 0 Å². The molecule has 3 aromatic rings. The van der Waals surface area contributed by atoms with Gasteiger partial charge in [0.25, 0.3) is 5.91 Å². The Morgan fingerprint density at radius 2 is 1.58 bits per heavy atom. The van der Waals surface area contributed by atoms with Gasteiger partial charge in [0.05, 0.1) is 10.6 Å². The third kappa shape index (κ3) is 4.53. The highest BCUT2D eigenvalue weighted by atomic mass is 32.2. The third-order valence-corrected chi connectivity index (χ3v) is 5.82. The zero-order valence-corrected chi connectivity index (χ0v) is 15.7. The molecule has 4 nitrogen and oxygen atoms in total. The lowest BCUT2D eigenvalue weighted by Gasteiger charge is -2.11. The molecule has 0 heterocycles. The molecule has 0 unspecified atom stereocenters. The van der Waals surface area contributed by atoms with Crippen molar-refractivity contribution in [2.24, 2.45) is 0 Å². The Labute approximate surface area is 157 Å². The second-order valence-corrected chi connectivity index (χ2v) is 8.80. The average Bonchev–Trinajstić information content (AvgIpc) is 2.63. The summed E-state index contributed by atoms with van der Waals surface area (Å²) in [5, 5.41) is 2.87. The van der Waals surface area contributed by atoms with Crippen LogP contribution in [0.3, 0.4) is 0 Å². The second-order valence-electron chi connectivity index (χ2n) is 5.67. The van der Waals surface area contributed by atoms with Crippen molar-refractivity contribution >= 4 is 33.2 Å². The molecule has 1 amide bonds. The number of amides is 1. The van der Waals surface area contributed by atoms with Crippen LogP contribution >= 0.6 is 11.8 Å². The van der Waals surface area contributed by atoms with Crippen LogP contribution in [0.5, 0.6) is 0 Å². The largest absolute Gasteiger partial charge is 0.321 e. The Morgan fingerprint density at radius 3 is 2.31 bits per heavy atom. The molecule has 0 saturated heterocycles. The van der Waals surface area contributed by atoms with Gasteiger partial charge in [-0.1, -0.05) is 48.2 Å². The number of benzene rings is 3. The highest BCUT2D eigenvalue weighted by Crippen LogP contribution is 2.33. The molecule has 3 rings (SSSR count). The number of nitrogens with one attached hydrogen (secondary N) is 1. The first-order valence-electron chi connectivity index (χ1n) is 7.87. The molecule has 0 radical (unpaired) electrons. The lowest BCUT2D eigenvalue weighted by atomic mass is 10.2. The van der Waals surface area contributed by atoms with E-state index in [1.165, 1.54) is 12.1 Å². The van der Waals surface area contributed by atoms with Gasteiger partial charge >= 0.3 is 0 Å². The standard InChI is InChI=1S/C20H17NO3S2/c1-26(23,24)17-11-7-8-15(14-17)20(22)21-18-12-5-6-13-19(18)25-16-9-3-2-4-10-16/h2-14H,1H3,(H,21,22). The summed E-state index contributed by atoms with van der Waals surface area (Å²) in [5.74, 6) is -0.350. The molecule has 0 aromatic heterocycles. The number of sulfone groups is 1. The summed E-state index contributed by atoms with van der Waals surface area (Å²) < 4.78 is 23.4. The van der Waals surface area contributed by atoms with Crippen molar-refractivity contribution in [1.82, 2.24) is 0 Å². The van der Waals surface area contributed by atoms with Gasteiger partial charge in [0.1, 0.15) is 0 Å². The molecular formula is C20H17NO3S2. The monoisotopic (exact) mass is 383 g/mol. The van der Waals surface area contributed by atoms with Gasteiger partial charge in [-0.05, 0) is 42.5 Å². The predicted octanol–water partition coefficient (Wildman–Crippen LogP) is 4.49. The molecule has 0 atom stereocenters. The summed E-state index contributed by atoms with van der Waals surface area (Å²) in [6, 6.07) is 23.4. The number of carbonyl (C=O) groups is 1. The third-order valence-electron chi connectivity index (χ3n) is 3.63. The first-order valence-corrected chi connectivity index (χ1v) is 10.6. The van der Waals surface area contributed by atoms with Crippen LogP contribution in [0.15, 0.2) is 93.5 Å². The fourth-order valence-electron chi connectivity index (χ4n) is 2.34. The first-order chi connectivity index (χ1) is 12.4. The summed E-state index contributed by atoms with van der Waals surface area (Å²) in [6.07, 6.45) is 1.12. The maximum atomic E-state index is 12.6. The molecule has 6 heteroatoms. The quantitative estimate of drug-likeness (QED) is 0.705. The zero-order valence-electron chi connectivity index (χ0n) is 14.0. The summed E-state index contributed by atoms with van der Waals surface area (Å²) in [7, 11) is -3.36. The van der Waals surface area contributed by atoms with Gasteiger partial charge in [0.2, 0.25) is 0 Å². The van der Waals surface area contributed by atoms with Crippen LogP contribution in [0.2, 0.25) is 0 Å². The van der Waals surface area contributed by atoms with Gasteiger partial charge in [0.15, 0.2) is 9.84 Å². The molecule has 0 aliphatic rings. The summed E-state index contributed by atoms with van der Waals surface area (Å²) in [4.78, 5) is 14.7. The molecule has 0 saturated carbocycles. The van der Waals surface area contributed by atoms with E-state index in [1.54, 1.807) is 23.9 Å². The Bertz CT molecular complexity index is 1030. The Hall–Kier alpha value is -2.57. The SMILES string of the molecule is CS(=O)(=O)c1cccc(C(=O)Nc2ccccc2Sc2ccccc2)c1. The van der Waals surface area contributed by atoms with E-state index < -0.39 is 9.84 Å². The Morgan fingerprint density at radius 1 is 0.885 bits per heavy atom. The number of hydrogen-bond acceptors (Lipinski definition) is 4. The smallest absolute Gasteiger partial charge is 0.255 e. The number of hydrogen-bond donors (Lipinski definition) is 1. The van der Waals surface area contributed by atoms with Crippen LogP contribution in [-0.4, -0.2) is 20.6 Å². The van der Waals surface area contributed by atoms with E-state index in [0.29, 0.717) is 11.3 Å². The number of rotatable bonds is 5. The Kier molecular flexibility index (Phi) is 5.44. The maximum absolute atomic E-state index is 12.6. The van der Waals surface area contributed by atoms with Crippen LogP contribution in [0.25, 0.3) is 0 Å². The van der Waals surface area contributed by atoms with Gasteiger partial charge in [-0.25, -0.2) is 8.42 Å². The minimum atomic E-state index is -3.36. The maximum Gasteiger partial charge on any atom is 0.255 e. The van der Waals surface area contributed by atoms with Gasteiger partial charge in [-0.3, -0.25) is 4.79 Å². The van der Waals surface area contributed by atoms with Crippen LogP contribution < -0.4 is 5.32 Å². The van der Waals surface area contributed by atoms with Crippen molar-refractivity contribution in [1.29, 1.82) is 0 Å². The first kappa shape index (κ1) is 18.2. The highest BCUT2D eigenvalue weighted by molar-refractivity contribution is 7.99. The van der Waals surface area contributed by atoms with Crippen LogP contribution in [0.4, 0.5) is 5.69 Å². The molecule has 3 aromatic carbocycles. The van der Waals surface area contributed by atoms with E-state index in [0.717, 1.165) is 16.0 Å². The highest BCUT2D eigenvalue weighted by Gasteiger charge is 2.13. The van der Waals surface area contributed by atoms with E-state index in [-0.39, 0.29) is 10.8 Å². The summed E-state index contributed by atoms with van der Waals surface area (Å²) >= 11 is 1.55. The molecule has 0 bridgehead atoms. The minimum absolute atomic E-state index is 0.122. The minimum Gasteiger partial charge on any atom is -0.321 e. The predicted molar refractivity (Wildman–Crippen MR) is 105 cm³/mol. The van der Waals surface area contributed by atoms with Crippen molar-refractivity contribution < 1.29 is 13.2 Å². The van der Waals surface area contributed by atoms with E-state index in [4.69, 9.17) is 0 Å². The van der Waals surface area contributed by atoms with Crippen molar-refractivity contribution in [2.45, 2.75) is 14.7 Å². The lowest BCUT2D eigenvalue weighted by Crippen LogP contribution is -2.13. The second kappa shape index (κ2) is 7.76. The van der Waals surface area contributed by atoms with Gasteiger partial charge in [0, 0.05) is 21.6 Å². The van der Waals surface area contributed by atoms with Crippen molar-refractivity contribution in [3.63, 3.8) is 0 Å². The van der Waals surface area contributed by atoms with Crippen LogP contribution in [-0.2, 0) is 9.84 Å². The van der Waals surface area contributed by atoms with Crippen molar-refractivity contribution in [3.05, 3.63) is 84.4 Å². The van der Waals surface area contributed by atoms with Gasteiger partial charge in [-0.15, -0.1) is 0 Å². The zero-order chi connectivity index (χ0) is 18.6. The van der Waals surface area contributed by atoms with E-state index in [9.17, 15) is 13.2 Å². The molecule has 0 spiro atoms. The molecule has 132 valence electrons. The average molecular weight is 383 g/mol. The van der Waals surface area contributed by atoms with Crippen LogP contribution in [0.1, 0.15) is 10.4 Å². The van der Waals surface area contributed by atoms with Crippen LogP contribution in [0, 0.1) is 0 Å². The lowest BCUT2D eigenvalue weighted by molar-refractivity contribution is 0.102. The fourth-order valence-corrected chi connectivity index (χ4v) is 3.93. The van der Waals surface area contributed by atoms with E-state index >= 15 is 0 Å². The molecule has 26 heavy (non-hydrogen) atoms. The number of carbonyl (C=O) groups excluding carboxylic acids is 1. The molecule has 0 aliphatic carbocycles. The van der Waals surface area contributed by atoms with E-state index in [1.807, 2.05) is 54.6 Å². The molecule has 0 aliphatic heterocycles. The van der Waals surface area contributed by atoms with Gasteiger partial charge < -0.3 is 5.32 Å².